The highest BCUT2D eigenvalue weighted by atomic mass is 16.5. The maximum absolute atomic E-state index is 6.59. The summed E-state index contributed by atoms with van der Waals surface area (Å²) in [5.74, 6) is 4.08. The molecule has 4 aromatic carbocycles. The van der Waals surface area contributed by atoms with Crippen molar-refractivity contribution in [2.45, 2.75) is 65.7 Å². The van der Waals surface area contributed by atoms with Crippen molar-refractivity contribution < 1.29 is 4.74 Å². The number of imidazole rings is 1. The van der Waals surface area contributed by atoms with Crippen LogP contribution >= 0.6 is 0 Å². The van der Waals surface area contributed by atoms with Crippen LogP contribution in [0.4, 0.5) is 0 Å². The third-order valence-electron chi connectivity index (χ3n) is 9.04. The number of fused-ring (bicyclic) bond motifs is 3. The van der Waals surface area contributed by atoms with E-state index in [0.29, 0.717) is 11.8 Å². The Hall–Kier alpha value is -5.16. The van der Waals surface area contributed by atoms with Crippen LogP contribution in [0.5, 0.6) is 11.5 Å². The van der Waals surface area contributed by atoms with E-state index in [1.165, 1.54) is 27.8 Å². The van der Waals surface area contributed by atoms with E-state index in [-0.39, 0.29) is 5.41 Å². The van der Waals surface area contributed by atoms with Gasteiger partial charge in [-0.25, -0.2) is 9.97 Å². The van der Waals surface area contributed by atoms with Gasteiger partial charge in [-0.2, -0.15) is 0 Å². The molecular weight excluding hydrogens is 576 g/mol. The fourth-order valence-electron chi connectivity index (χ4n) is 6.59. The van der Waals surface area contributed by atoms with Crippen LogP contribution in [0.1, 0.15) is 77.0 Å². The number of ether oxygens (including phenoxy) is 1. The lowest BCUT2D eigenvalue weighted by Crippen LogP contribution is -2.12. The highest BCUT2D eigenvalue weighted by Gasteiger charge is 2.20. The second-order valence-corrected chi connectivity index (χ2v) is 14.0. The van der Waals surface area contributed by atoms with Crippen molar-refractivity contribution in [1.82, 2.24) is 19.1 Å². The number of benzene rings is 4. The Balaban J connectivity index is 1.30. The average Bonchev–Trinajstić information content (AvgIpc) is 3.67. The summed E-state index contributed by atoms with van der Waals surface area (Å²) < 4.78 is 11.1. The lowest BCUT2D eigenvalue weighted by molar-refractivity contribution is 0.483. The first-order valence-electron chi connectivity index (χ1n) is 16.5. The molecule has 0 aliphatic carbocycles. The highest BCUT2D eigenvalue weighted by Crippen LogP contribution is 2.38. The lowest BCUT2D eigenvalue weighted by atomic mass is 9.88. The molecule has 3 heterocycles. The maximum atomic E-state index is 6.59. The van der Waals surface area contributed by atoms with Gasteiger partial charge in [0.2, 0.25) is 0 Å². The standard InChI is InChI=1S/C42H42N4O/c1-27(2)33-15-11-16-34(28(3)4)40(33)45-23-22-44-41(45)29-12-10-13-31(24-29)47-32-18-19-36-35-14-8-9-17-37(35)46(38(36)26-32)39-25-30(20-21-43-39)42(5,6)7/h8-28H,1-7H3. The van der Waals surface area contributed by atoms with E-state index in [1.54, 1.807) is 0 Å². The number of para-hydroxylation sites is 2. The smallest absolute Gasteiger partial charge is 0.144 e. The topological polar surface area (TPSA) is 44.9 Å². The van der Waals surface area contributed by atoms with Crippen molar-refractivity contribution in [1.29, 1.82) is 0 Å². The van der Waals surface area contributed by atoms with Gasteiger partial charge in [0.25, 0.3) is 0 Å². The van der Waals surface area contributed by atoms with Gasteiger partial charge >= 0.3 is 0 Å². The summed E-state index contributed by atoms with van der Waals surface area (Å²) in [6.45, 7) is 15.7. The number of rotatable bonds is 7. The molecule has 3 aromatic heterocycles. The van der Waals surface area contributed by atoms with Crippen molar-refractivity contribution in [2.24, 2.45) is 0 Å². The van der Waals surface area contributed by atoms with E-state index in [9.17, 15) is 0 Å². The Kier molecular flexibility index (Phi) is 7.71. The number of nitrogens with zero attached hydrogens (tertiary/aromatic N) is 4. The summed E-state index contributed by atoms with van der Waals surface area (Å²) in [7, 11) is 0. The van der Waals surface area contributed by atoms with Gasteiger partial charge in [0.05, 0.1) is 16.7 Å². The monoisotopic (exact) mass is 618 g/mol. The zero-order chi connectivity index (χ0) is 32.9. The van der Waals surface area contributed by atoms with Crippen LogP contribution in [0.15, 0.2) is 116 Å². The summed E-state index contributed by atoms with van der Waals surface area (Å²) >= 11 is 0. The van der Waals surface area contributed by atoms with Gasteiger partial charge in [0.15, 0.2) is 0 Å². The molecule has 0 aliphatic rings. The van der Waals surface area contributed by atoms with E-state index in [4.69, 9.17) is 14.7 Å². The van der Waals surface area contributed by atoms with Gasteiger partial charge in [-0.1, -0.05) is 97.0 Å². The van der Waals surface area contributed by atoms with Crippen LogP contribution in [0.2, 0.25) is 0 Å². The molecular formula is C42H42N4O. The van der Waals surface area contributed by atoms with Crippen LogP contribution in [0, 0.1) is 0 Å². The summed E-state index contributed by atoms with van der Waals surface area (Å²) in [6.07, 6.45) is 5.88. The molecule has 0 atom stereocenters. The van der Waals surface area contributed by atoms with Crippen LogP contribution in [-0.2, 0) is 5.41 Å². The van der Waals surface area contributed by atoms with E-state index in [2.05, 4.69) is 149 Å². The van der Waals surface area contributed by atoms with Crippen LogP contribution in [0.25, 0.3) is 44.7 Å². The molecule has 0 N–H and O–H groups in total. The Labute approximate surface area is 277 Å². The maximum Gasteiger partial charge on any atom is 0.144 e. The normalized spacial score (nSPS) is 12.1. The number of hydrogen-bond donors (Lipinski definition) is 0. The van der Waals surface area contributed by atoms with Crippen molar-refractivity contribution in [2.75, 3.05) is 0 Å². The summed E-state index contributed by atoms with van der Waals surface area (Å²) in [5, 5.41) is 2.35. The molecule has 0 amide bonds. The largest absolute Gasteiger partial charge is 0.457 e. The summed E-state index contributed by atoms with van der Waals surface area (Å²) in [6, 6.07) is 34.0. The Morgan fingerprint density at radius 2 is 1.34 bits per heavy atom. The van der Waals surface area contributed by atoms with Gasteiger partial charge in [0.1, 0.15) is 23.1 Å². The van der Waals surface area contributed by atoms with E-state index < -0.39 is 0 Å². The van der Waals surface area contributed by atoms with Gasteiger partial charge < -0.3 is 4.74 Å². The predicted octanol–water partition coefficient (Wildman–Crippen LogP) is 11.4. The predicted molar refractivity (Wildman–Crippen MR) is 195 cm³/mol. The molecule has 5 heteroatoms. The molecule has 0 unspecified atom stereocenters. The minimum absolute atomic E-state index is 0.0116. The number of pyridine rings is 1. The van der Waals surface area contributed by atoms with E-state index >= 15 is 0 Å². The highest BCUT2D eigenvalue weighted by molar-refractivity contribution is 6.09. The molecule has 0 saturated carbocycles. The molecule has 5 nitrogen and oxygen atoms in total. The van der Waals surface area contributed by atoms with Crippen molar-refractivity contribution in [3.8, 4) is 34.4 Å². The SMILES string of the molecule is CC(C)c1cccc(C(C)C)c1-n1ccnc1-c1cccc(Oc2ccc3c4ccccc4n(-c4cc(C(C)(C)C)ccn4)c3c2)c1. The van der Waals surface area contributed by atoms with Crippen LogP contribution in [0.3, 0.4) is 0 Å². The van der Waals surface area contributed by atoms with Gasteiger partial charge in [-0.3, -0.25) is 9.13 Å². The molecule has 7 rings (SSSR count). The van der Waals surface area contributed by atoms with Gasteiger partial charge in [-0.15, -0.1) is 0 Å². The second kappa shape index (κ2) is 11.9. The first-order valence-corrected chi connectivity index (χ1v) is 16.5. The van der Waals surface area contributed by atoms with Crippen LogP contribution in [-0.4, -0.2) is 19.1 Å². The zero-order valence-corrected chi connectivity index (χ0v) is 28.3. The van der Waals surface area contributed by atoms with Crippen molar-refractivity contribution in [3.05, 3.63) is 132 Å². The Morgan fingerprint density at radius 3 is 2.09 bits per heavy atom. The number of hydrogen-bond acceptors (Lipinski definition) is 3. The lowest BCUT2D eigenvalue weighted by Gasteiger charge is -2.22. The summed E-state index contributed by atoms with van der Waals surface area (Å²) in [4.78, 5) is 9.67. The van der Waals surface area contributed by atoms with Gasteiger partial charge in [-0.05, 0) is 76.4 Å². The van der Waals surface area contributed by atoms with Crippen molar-refractivity contribution >= 4 is 21.8 Å². The minimum atomic E-state index is 0.0116. The third kappa shape index (κ3) is 5.61. The fourth-order valence-corrected chi connectivity index (χ4v) is 6.59. The molecule has 0 saturated heterocycles. The fraction of sp³-hybridized carbons (Fsp3) is 0.238. The molecule has 47 heavy (non-hydrogen) atoms. The van der Waals surface area contributed by atoms with E-state index in [1.807, 2.05) is 24.5 Å². The first kappa shape index (κ1) is 30.5. The average molecular weight is 619 g/mol. The zero-order valence-electron chi connectivity index (χ0n) is 28.3. The number of aromatic nitrogens is 4. The minimum Gasteiger partial charge on any atom is -0.457 e. The molecule has 0 spiro atoms. The third-order valence-corrected chi connectivity index (χ3v) is 9.04. The molecule has 236 valence electrons. The van der Waals surface area contributed by atoms with Crippen molar-refractivity contribution in [3.63, 3.8) is 0 Å². The quantitative estimate of drug-likeness (QED) is 0.178. The molecule has 0 bridgehead atoms. The van der Waals surface area contributed by atoms with Crippen LogP contribution < -0.4 is 4.74 Å². The second-order valence-electron chi connectivity index (χ2n) is 14.0. The summed E-state index contributed by atoms with van der Waals surface area (Å²) in [5.41, 5.74) is 8.28. The Morgan fingerprint density at radius 1 is 0.638 bits per heavy atom. The first-order chi connectivity index (χ1) is 22.6. The molecule has 0 radical (unpaired) electrons. The molecule has 0 aliphatic heterocycles. The molecule has 7 aromatic rings. The van der Waals surface area contributed by atoms with Gasteiger partial charge in [0, 0.05) is 41.0 Å². The van der Waals surface area contributed by atoms with E-state index in [0.717, 1.165) is 45.1 Å². The Bertz CT molecular complexity index is 2200. The molecule has 0 fully saturated rings.